The minimum Gasteiger partial charge on any atom is -0.469 e. The van der Waals surface area contributed by atoms with Gasteiger partial charge in [0.05, 0.1) is 13.0 Å². The van der Waals surface area contributed by atoms with Crippen LogP contribution in [0.25, 0.3) is 0 Å². The van der Waals surface area contributed by atoms with Crippen molar-refractivity contribution in [1.29, 1.82) is 0 Å². The summed E-state index contributed by atoms with van der Waals surface area (Å²) in [7, 11) is 1.50. The maximum atomic E-state index is 12.2. The Hall–Kier alpha value is -1.35. The normalized spacial score (nSPS) is 35.9. The van der Waals surface area contributed by atoms with Gasteiger partial charge in [-0.25, -0.2) is 0 Å². The minimum absolute atomic E-state index is 0.0796. The molecule has 0 amide bonds. The summed E-state index contributed by atoms with van der Waals surface area (Å²) in [6, 6.07) is 0.821. The van der Waals surface area contributed by atoms with Crippen molar-refractivity contribution >= 4 is 5.97 Å². The number of rotatable bonds is 2. The summed E-state index contributed by atoms with van der Waals surface area (Å²) in [6.45, 7) is 2.18. The molecule has 2 heterocycles. The van der Waals surface area contributed by atoms with Crippen molar-refractivity contribution in [2.24, 2.45) is 5.92 Å². The molecule has 2 saturated heterocycles. The van der Waals surface area contributed by atoms with E-state index in [1.807, 2.05) is 0 Å². The molecule has 0 saturated carbocycles. The molecule has 2 bridgehead atoms. The van der Waals surface area contributed by atoms with Crippen molar-refractivity contribution in [3.05, 3.63) is 34.9 Å². The fourth-order valence-corrected chi connectivity index (χ4v) is 3.76. The van der Waals surface area contributed by atoms with Crippen molar-refractivity contribution in [2.45, 2.75) is 51.1 Å². The van der Waals surface area contributed by atoms with Gasteiger partial charge in [0.25, 0.3) is 0 Å². The number of allylic oxidation sites excluding steroid dienone is 5. The van der Waals surface area contributed by atoms with Crippen LogP contribution in [-0.2, 0) is 9.53 Å². The molecular weight excluding hydrogens is 250 g/mol. The van der Waals surface area contributed by atoms with Gasteiger partial charge in [-0.15, -0.1) is 0 Å². The van der Waals surface area contributed by atoms with Gasteiger partial charge >= 0.3 is 5.97 Å². The van der Waals surface area contributed by atoms with Crippen LogP contribution in [-0.4, -0.2) is 25.2 Å². The van der Waals surface area contributed by atoms with Crippen molar-refractivity contribution in [2.75, 3.05) is 7.11 Å². The van der Waals surface area contributed by atoms with Gasteiger partial charge in [-0.3, -0.25) is 4.79 Å². The van der Waals surface area contributed by atoms with Crippen molar-refractivity contribution in [1.82, 2.24) is 5.32 Å². The second kappa shape index (κ2) is 5.57. The Bertz CT molecular complexity index is 501. The monoisotopic (exact) mass is 273 g/mol. The molecule has 1 aliphatic carbocycles. The number of nitrogens with one attached hydrogen (secondary N) is 1. The molecule has 3 aliphatic rings. The lowest BCUT2D eigenvalue weighted by molar-refractivity contribution is -0.145. The van der Waals surface area contributed by atoms with Gasteiger partial charge in [0.1, 0.15) is 0 Å². The molecule has 3 unspecified atom stereocenters. The molecule has 3 nitrogen and oxygen atoms in total. The van der Waals surface area contributed by atoms with Crippen LogP contribution in [0.1, 0.15) is 39.0 Å². The van der Waals surface area contributed by atoms with Gasteiger partial charge in [-0.2, -0.15) is 0 Å². The second-order valence-electron chi connectivity index (χ2n) is 5.97. The zero-order chi connectivity index (χ0) is 14.1. The number of ether oxygens (including phenoxy) is 1. The zero-order valence-electron chi connectivity index (χ0n) is 12.3. The van der Waals surface area contributed by atoms with Crippen LogP contribution in [0, 0.1) is 5.92 Å². The van der Waals surface area contributed by atoms with E-state index in [4.69, 9.17) is 4.74 Å². The largest absolute Gasteiger partial charge is 0.469 e. The molecule has 0 spiro atoms. The smallest absolute Gasteiger partial charge is 0.314 e. The summed E-state index contributed by atoms with van der Waals surface area (Å²) in [6.07, 6.45) is 12.0. The summed E-state index contributed by atoms with van der Waals surface area (Å²) in [5.74, 6) is -0.168. The van der Waals surface area contributed by atoms with Gasteiger partial charge in [0.15, 0.2) is 0 Å². The maximum absolute atomic E-state index is 12.2. The van der Waals surface area contributed by atoms with E-state index in [1.165, 1.54) is 30.2 Å². The lowest BCUT2D eigenvalue weighted by Gasteiger charge is -2.33. The lowest BCUT2D eigenvalue weighted by Crippen LogP contribution is -2.45. The molecule has 0 radical (unpaired) electrons. The third-order valence-electron chi connectivity index (χ3n) is 4.88. The zero-order valence-corrected chi connectivity index (χ0v) is 12.3. The first-order valence-corrected chi connectivity index (χ1v) is 7.65. The number of methoxy groups -OCH3 is 1. The predicted octanol–water partition coefficient (Wildman–Crippen LogP) is 2.89. The first-order valence-electron chi connectivity index (χ1n) is 7.65. The SMILES string of the molecule is CCC1=CC/C(=C2/CC3CCC(N3)C2C(=O)OC)C=C1. The van der Waals surface area contributed by atoms with Gasteiger partial charge in [0.2, 0.25) is 0 Å². The van der Waals surface area contributed by atoms with Gasteiger partial charge < -0.3 is 10.1 Å². The van der Waals surface area contributed by atoms with E-state index in [9.17, 15) is 4.79 Å². The molecule has 20 heavy (non-hydrogen) atoms. The molecule has 3 heteroatoms. The van der Waals surface area contributed by atoms with Crippen LogP contribution in [0.2, 0.25) is 0 Å². The molecule has 2 fully saturated rings. The molecule has 0 aromatic rings. The standard InChI is InChI=1S/C17H23NO2/c1-3-11-4-6-12(7-5-11)14-10-13-8-9-15(18-13)16(14)17(19)20-2/h4-6,13,15-16,18H,3,7-10H2,1-2H3/b14-12-. The fraction of sp³-hybridized carbons (Fsp3) is 0.588. The average Bonchev–Trinajstić information content (AvgIpc) is 2.88. The van der Waals surface area contributed by atoms with Gasteiger partial charge in [0, 0.05) is 12.1 Å². The van der Waals surface area contributed by atoms with E-state index >= 15 is 0 Å². The number of hydrogen-bond donors (Lipinski definition) is 1. The summed E-state index contributed by atoms with van der Waals surface area (Å²) < 4.78 is 5.05. The summed E-state index contributed by atoms with van der Waals surface area (Å²) in [4.78, 5) is 12.2. The number of esters is 1. The molecular formula is C17H23NO2. The Morgan fingerprint density at radius 3 is 2.90 bits per heavy atom. The number of carbonyl (C=O) groups excluding carboxylic acids is 1. The molecule has 108 valence electrons. The molecule has 3 atom stereocenters. The Labute approximate surface area is 120 Å². The van der Waals surface area contributed by atoms with Crippen molar-refractivity contribution in [3.63, 3.8) is 0 Å². The van der Waals surface area contributed by atoms with Crippen LogP contribution in [0.5, 0.6) is 0 Å². The van der Waals surface area contributed by atoms with E-state index in [1.54, 1.807) is 0 Å². The number of piperidine rings is 1. The summed E-state index contributed by atoms with van der Waals surface area (Å²) in [5.41, 5.74) is 4.03. The lowest BCUT2D eigenvalue weighted by atomic mass is 9.81. The van der Waals surface area contributed by atoms with E-state index in [0.717, 1.165) is 25.7 Å². The predicted molar refractivity (Wildman–Crippen MR) is 79.2 cm³/mol. The molecule has 1 N–H and O–H groups in total. The van der Waals surface area contributed by atoms with Crippen LogP contribution < -0.4 is 5.32 Å². The van der Waals surface area contributed by atoms with Crippen molar-refractivity contribution in [3.8, 4) is 0 Å². The van der Waals surface area contributed by atoms with Crippen LogP contribution in [0.4, 0.5) is 0 Å². The first-order chi connectivity index (χ1) is 9.72. The van der Waals surface area contributed by atoms with E-state index < -0.39 is 0 Å². The highest BCUT2D eigenvalue weighted by Gasteiger charge is 2.43. The van der Waals surface area contributed by atoms with Crippen molar-refractivity contribution < 1.29 is 9.53 Å². The second-order valence-corrected chi connectivity index (χ2v) is 5.97. The summed E-state index contributed by atoms with van der Waals surface area (Å²) >= 11 is 0. The highest BCUT2D eigenvalue weighted by atomic mass is 16.5. The highest BCUT2D eigenvalue weighted by Crippen LogP contribution is 2.39. The number of hydrogen-bond acceptors (Lipinski definition) is 3. The number of fused-ring (bicyclic) bond motifs is 2. The Morgan fingerprint density at radius 1 is 1.40 bits per heavy atom. The third kappa shape index (κ3) is 2.35. The minimum atomic E-state index is -0.0880. The Kier molecular flexibility index (Phi) is 3.79. The van der Waals surface area contributed by atoms with Crippen LogP contribution in [0.15, 0.2) is 34.9 Å². The quantitative estimate of drug-likeness (QED) is 0.786. The van der Waals surface area contributed by atoms with E-state index in [0.29, 0.717) is 6.04 Å². The average molecular weight is 273 g/mol. The van der Waals surface area contributed by atoms with Crippen LogP contribution >= 0.6 is 0 Å². The Morgan fingerprint density at radius 2 is 2.25 bits per heavy atom. The molecule has 0 aromatic carbocycles. The maximum Gasteiger partial charge on any atom is 0.314 e. The van der Waals surface area contributed by atoms with E-state index in [2.05, 4.69) is 30.5 Å². The third-order valence-corrected chi connectivity index (χ3v) is 4.88. The Balaban J connectivity index is 1.92. The molecule has 0 aromatic heterocycles. The van der Waals surface area contributed by atoms with Gasteiger partial charge in [-0.1, -0.05) is 30.7 Å². The first kappa shape index (κ1) is 13.6. The number of carbonyl (C=O) groups is 1. The van der Waals surface area contributed by atoms with Gasteiger partial charge in [-0.05, 0) is 43.3 Å². The molecule has 3 rings (SSSR count). The van der Waals surface area contributed by atoms with E-state index in [-0.39, 0.29) is 17.9 Å². The fourth-order valence-electron chi connectivity index (χ4n) is 3.76. The molecule has 2 aliphatic heterocycles. The van der Waals surface area contributed by atoms with Crippen LogP contribution in [0.3, 0.4) is 0 Å². The highest BCUT2D eigenvalue weighted by molar-refractivity contribution is 5.78. The summed E-state index contributed by atoms with van der Waals surface area (Å²) in [5, 5.41) is 3.57. The topological polar surface area (TPSA) is 38.3 Å².